The minimum atomic E-state index is -3.46. The zero-order valence-corrected chi connectivity index (χ0v) is 11.7. The number of aromatic nitrogens is 1. The van der Waals surface area contributed by atoms with Crippen LogP contribution in [0.25, 0.3) is 0 Å². The van der Waals surface area contributed by atoms with Gasteiger partial charge in [-0.1, -0.05) is 23.4 Å². The van der Waals surface area contributed by atoms with Crippen molar-refractivity contribution in [1.29, 1.82) is 0 Å². The molecule has 0 fully saturated rings. The summed E-state index contributed by atoms with van der Waals surface area (Å²) in [6.07, 6.45) is 0.502. The molecule has 0 amide bonds. The topological polar surface area (TPSA) is 72.2 Å². The number of benzene rings is 1. The third-order valence-corrected chi connectivity index (χ3v) is 4.35. The van der Waals surface area contributed by atoms with Gasteiger partial charge in [0.2, 0.25) is 10.0 Å². The molecule has 1 heterocycles. The summed E-state index contributed by atoms with van der Waals surface area (Å²) in [4.78, 5) is 0.311. The highest BCUT2D eigenvalue weighted by Gasteiger charge is 2.15. The molecule has 0 radical (unpaired) electrons. The fourth-order valence-corrected chi connectivity index (χ4v) is 3.06. The van der Waals surface area contributed by atoms with Crippen LogP contribution in [0.3, 0.4) is 0 Å². The van der Waals surface area contributed by atoms with Crippen molar-refractivity contribution in [3.63, 3.8) is 0 Å². The van der Waals surface area contributed by atoms with Gasteiger partial charge in [-0.25, -0.2) is 13.1 Å². The predicted octanol–water partition coefficient (Wildman–Crippen LogP) is 1.81. The molecule has 0 aliphatic rings. The highest BCUT2D eigenvalue weighted by atomic mass is 32.2. The number of hydrogen-bond acceptors (Lipinski definition) is 4. The normalized spacial score (nSPS) is 11.7. The zero-order valence-electron chi connectivity index (χ0n) is 10.9. The van der Waals surface area contributed by atoms with Crippen LogP contribution >= 0.6 is 0 Å². The Hall–Kier alpha value is -1.66. The molecule has 6 heteroatoms. The van der Waals surface area contributed by atoms with E-state index < -0.39 is 10.0 Å². The van der Waals surface area contributed by atoms with Crippen LogP contribution in [-0.4, -0.2) is 20.1 Å². The van der Waals surface area contributed by atoms with Crippen LogP contribution in [0.5, 0.6) is 0 Å². The summed E-state index contributed by atoms with van der Waals surface area (Å²) in [5, 5.41) is 3.82. The van der Waals surface area contributed by atoms with Crippen LogP contribution in [0.1, 0.15) is 17.0 Å². The SMILES string of the molecule is Cc1cc(CCNS(=O)(=O)c2ccccc2C)no1. The fourth-order valence-electron chi connectivity index (χ4n) is 1.78. The molecule has 0 saturated carbocycles. The van der Waals surface area contributed by atoms with Crippen LogP contribution in [0.4, 0.5) is 0 Å². The highest BCUT2D eigenvalue weighted by molar-refractivity contribution is 7.89. The number of nitrogens with zero attached hydrogens (tertiary/aromatic N) is 1. The molecule has 0 saturated heterocycles. The molecule has 2 rings (SSSR count). The van der Waals surface area contributed by atoms with Crippen molar-refractivity contribution < 1.29 is 12.9 Å². The van der Waals surface area contributed by atoms with Gasteiger partial charge in [-0.2, -0.15) is 0 Å². The molecule has 0 atom stereocenters. The van der Waals surface area contributed by atoms with Crippen molar-refractivity contribution >= 4 is 10.0 Å². The lowest BCUT2D eigenvalue weighted by atomic mass is 10.2. The van der Waals surface area contributed by atoms with Gasteiger partial charge in [-0.15, -0.1) is 0 Å². The Morgan fingerprint density at radius 2 is 2.00 bits per heavy atom. The van der Waals surface area contributed by atoms with Crippen LogP contribution in [-0.2, 0) is 16.4 Å². The van der Waals surface area contributed by atoms with E-state index in [0.29, 0.717) is 17.9 Å². The van der Waals surface area contributed by atoms with Crippen molar-refractivity contribution in [2.75, 3.05) is 6.54 Å². The fraction of sp³-hybridized carbons (Fsp3) is 0.308. The minimum absolute atomic E-state index is 0.294. The van der Waals surface area contributed by atoms with E-state index in [1.807, 2.05) is 6.07 Å². The third kappa shape index (κ3) is 3.42. The molecule has 1 N–H and O–H groups in total. The molecule has 0 aliphatic carbocycles. The first-order chi connectivity index (χ1) is 8.99. The van der Waals surface area contributed by atoms with E-state index in [9.17, 15) is 8.42 Å². The summed E-state index contributed by atoms with van der Waals surface area (Å²) < 4.78 is 31.7. The number of nitrogens with one attached hydrogen (secondary N) is 1. The van der Waals surface area contributed by atoms with Crippen LogP contribution in [0.15, 0.2) is 39.8 Å². The number of rotatable bonds is 5. The van der Waals surface area contributed by atoms with Crippen LogP contribution in [0, 0.1) is 13.8 Å². The van der Waals surface area contributed by atoms with E-state index >= 15 is 0 Å². The van der Waals surface area contributed by atoms with Gasteiger partial charge in [0.05, 0.1) is 10.6 Å². The molecular weight excluding hydrogens is 264 g/mol. The van der Waals surface area contributed by atoms with E-state index in [0.717, 1.165) is 17.0 Å². The Kier molecular flexibility index (Phi) is 4.01. The van der Waals surface area contributed by atoms with Gasteiger partial charge in [0.25, 0.3) is 0 Å². The second kappa shape index (κ2) is 5.54. The quantitative estimate of drug-likeness (QED) is 0.906. The standard InChI is InChI=1S/C13H16N2O3S/c1-10-5-3-4-6-13(10)19(16,17)14-8-7-12-9-11(2)18-15-12/h3-6,9,14H,7-8H2,1-2H3. The van der Waals surface area contributed by atoms with Crippen molar-refractivity contribution in [2.45, 2.75) is 25.2 Å². The third-order valence-electron chi connectivity index (χ3n) is 2.73. The maximum absolute atomic E-state index is 12.1. The Labute approximate surface area is 112 Å². The molecule has 1 aromatic heterocycles. The zero-order chi connectivity index (χ0) is 13.9. The largest absolute Gasteiger partial charge is 0.361 e. The lowest BCUT2D eigenvalue weighted by Crippen LogP contribution is -2.26. The van der Waals surface area contributed by atoms with E-state index in [1.54, 1.807) is 38.1 Å². The van der Waals surface area contributed by atoms with Gasteiger partial charge >= 0.3 is 0 Å². The van der Waals surface area contributed by atoms with E-state index in [4.69, 9.17) is 4.52 Å². The molecule has 0 bridgehead atoms. The molecule has 19 heavy (non-hydrogen) atoms. The van der Waals surface area contributed by atoms with Gasteiger partial charge in [-0.3, -0.25) is 0 Å². The second-order valence-corrected chi connectivity index (χ2v) is 6.08. The number of aryl methyl sites for hydroxylation is 2. The lowest BCUT2D eigenvalue weighted by Gasteiger charge is -2.08. The maximum atomic E-state index is 12.1. The average Bonchev–Trinajstić information content (AvgIpc) is 2.75. The van der Waals surface area contributed by atoms with Gasteiger partial charge < -0.3 is 4.52 Å². The first-order valence-corrected chi connectivity index (χ1v) is 7.45. The summed E-state index contributed by atoms with van der Waals surface area (Å²) in [6, 6.07) is 8.69. The van der Waals surface area contributed by atoms with Crippen molar-refractivity contribution in [3.05, 3.63) is 47.3 Å². The molecule has 102 valence electrons. The molecule has 0 aliphatic heterocycles. The van der Waals surface area contributed by atoms with Crippen LogP contribution in [0.2, 0.25) is 0 Å². The van der Waals surface area contributed by atoms with E-state index in [-0.39, 0.29) is 0 Å². The second-order valence-electron chi connectivity index (χ2n) is 4.34. The molecule has 5 nitrogen and oxygen atoms in total. The average molecular weight is 280 g/mol. The molecule has 2 aromatic rings. The van der Waals surface area contributed by atoms with E-state index in [1.165, 1.54) is 0 Å². The van der Waals surface area contributed by atoms with Gasteiger partial charge in [-0.05, 0) is 25.5 Å². The van der Waals surface area contributed by atoms with E-state index in [2.05, 4.69) is 9.88 Å². The Bertz CT molecular complexity index is 662. The summed E-state index contributed by atoms with van der Waals surface area (Å²) >= 11 is 0. The van der Waals surface area contributed by atoms with Crippen molar-refractivity contribution in [1.82, 2.24) is 9.88 Å². The van der Waals surface area contributed by atoms with Gasteiger partial charge in [0, 0.05) is 19.0 Å². The predicted molar refractivity (Wildman–Crippen MR) is 71.3 cm³/mol. The molecular formula is C13H16N2O3S. The van der Waals surface area contributed by atoms with Gasteiger partial charge in [0.15, 0.2) is 0 Å². The summed E-state index contributed by atoms with van der Waals surface area (Å²) in [5.41, 5.74) is 1.47. The minimum Gasteiger partial charge on any atom is -0.361 e. The first kappa shape index (κ1) is 13.8. The number of hydrogen-bond donors (Lipinski definition) is 1. The lowest BCUT2D eigenvalue weighted by molar-refractivity contribution is 0.390. The summed E-state index contributed by atoms with van der Waals surface area (Å²) in [6.45, 7) is 3.87. The molecule has 0 spiro atoms. The number of sulfonamides is 1. The Morgan fingerprint density at radius 1 is 1.26 bits per heavy atom. The van der Waals surface area contributed by atoms with Crippen LogP contribution < -0.4 is 4.72 Å². The monoisotopic (exact) mass is 280 g/mol. The maximum Gasteiger partial charge on any atom is 0.240 e. The highest BCUT2D eigenvalue weighted by Crippen LogP contribution is 2.13. The smallest absolute Gasteiger partial charge is 0.240 e. The Morgan fingerprint density at radius 3 is 2.63 bits per heavy atom. The summed E-state index contributed by atoms with van der Waals surface area (Å²) in [5.74, 6) is 0.719. The first-order valence-electron chi connectivity index (χ1n) is 5.96. The molecule has 1 aromatic carbocycles. The summed E-state index contributed by atoms with van der Waals surface area (Å²) in [7, 11) is -3.46. The Balaban J connectivity index is 2.01. The molecule has 0 unspecified atom stereocenters. The van der Waals surface area contributed by atoms with Crippen molar-refractivity contribution in [2.24, 2.45) is 0 Å². The van der Waals surface area contributed by atoms with Gasteiger partial charge in [0.1, 0.15) is 5.76 Å². The van der Waals surface area contributed by atoms with Crippen molar-refractivity contribution in [3.8, 4) is 0 Å².